The van der Waals surface area contributed by atoms with Crippen molar-refractivity contribution in [3.8, 4) is 0 Å². The fraction of sp³-hybridized carbons (Fsp3) is 0.588. The Kier molecular flexibility index (Phi) is 5.50. The fourth-order valence-corrected chi connectivity index (χ4v) is 3.81. The summed E-state index contributed by atoms with van der Waals surface area (Å²) in [5, 5.41) is 8.74. The van der Waals surface area contributed by atoms with Crippen molar-refractivity contribution in [2.24, 2.45) is 11.8 Å². The molecule has 2 rings (SSSR count). The minimum absolute atomic E-state index is 0.110. The number of nitrogens with one attached hydrogen (secondary N) is 1. The van der Waals surface area contributed by atoms with Crippen molar-refractivity contribution in [3.05, 3.63) is 34.3 Å². The number of hydrogen-bond acceptors (Lipinski definition) is 3. The molecule has 1 aromatic rings. The number of halogens is 1. The van der Waals surface area contributed by atoms with Gasteiger partial charge in [0.25, 0.3) is 0 Å². The number of carbonyl (C=O) groups excluding carboxylic acids is 1. The first kappa shape index (κ1) is 17.3. The molecule has 1 amide bonds. The molecule has 0 aromatic heterocycles. The van der Waals surface area contributed by atoms with Crippen LogP contribution in [0.2, 0.25) is 0 Å². The van der Waals surface area contributed by atoms with E-state index in [1.54, 1.807) is 5.48 Å². The third-order valence-corrected chi connectivity index (χ3v) is 5.45. The van der Waals surface area contributed by atoms with Gasteiger partial charge in [0.05, 0.1) is 0 Å². The molecule has 1 aliphatic carbocycles. The molecule has 0 aliphatic heterocycles. The molecule has 0 unspecified atom stereocenters. The second kappa shape index (κ2) is 7.01. The maximum atomic E-state index is 11.5. The van der Waals surface area contributed by atoms with Crippen molar-refractivity contribution in [1.29, 1.82) is 0 Å². The van der Waals surface area contributed by atoms with Gasteiger partial charge in [0.1, 0.15) is 6.10 Å². The molecule has 2 N–H and O–H groups in total. The van der Waals surface area contributed by atoms with Gasteiger partial charge in [-0.1, -0.05) is 55.3 Å². The Labute approximate surface area is 140 Å². The fourth-order valence-electron chi connectivity index (χ4n) is 3.54. The first-order valence-corrected chi connectivity index (χ1v) is 8.50. The zero-order valence-corrected chi connectivity index (χ0v) is 14.9. The molecule has 1 aliphatic rings. The van der Waals surface area contributed by atoms with E-state index in [4.69, 9.17) is 9.94 Å². The zero-order valence-electron chi connectivity index (χ0n) is 13.3. The summed E-state index contributed by atoms with van der Waals surface area (Å²) in [7, 11) is 0. The molecule has 22 heavy (non-hydrogen) atoms. The first-order chi connectivity index (χ1) is 10.3. The maximum absolute atomic E-state index is 11.5. The van der Waals surface area contributed by atoms with Gasteiger partial charge in [-0.05, 0) is 41.9 Å². The smallest absolute Gasteiger partial charge is 0.431 e. The van der Waals surface area contributed by atoms with Crippen LogP contribution in [0.4, 0.5) is 4.79 Å². The van der Waals surface area contributed by atoms with Crippen molar-refractivity contribution in [1.82, 2.24) is 5.48 Å². The van der Waals surface area contributed by atoms with Crippen molar-refractivity contribution in [2.45, 2.75) is 51.6 Å². The van der Waals surface area contributed by atoms with Gasteiger partial charge in [0.2, 0.25) is 0 Å². The lowest BCUT2D eigenvalue weighted by Crippen LogP contribution is -2.44. The SMILES string of the molecule is C[C@@H]1CC[C@@H](C(C)(C)c2ccc(Br)cc2)[C@H](OC(=O)NO)C1. The van der Waals surface area contributed by atoms with E-state index in [0.29, 0.717) is 5.92 Å². The van der Waals surface area contributed by atoms with Crippen LogP contribution in [0.25, 0.3) is 0 Å². The van der Waals surface area contributed by atoms with Crippen molar-refractivity contribution >= 4 is 22.0 Å². The summed E-state index contributed by atoms with van der Waals surface area (Å²) in [5.41, 5.74) is 2.70. The Morgan fingerprint density at radius 2 is 1.95 bits per heavy atom. The highest BCUT2D eigenvalue weighted by molar-refractivity contribution is 9.10. The summed E-state index contributed by atoms with van der Waals surface area (Å²) in [6, 6.07) is 8.31. The molecule has 0 saturated heterocycles. The highest BCUT2D eigenvalue weighted by Crippen LogP contribution is 2.43. The summed E-state index contributed by atoms with van der Waals surface area (Å²) in [6.45, 7) is 6.57. The van der Waals surface area contributed by atoms with Gasteiger partial charge in [-0.15, -0.1) is 0 Å². The Balaban J connectivity index is 2.24. The maximum Gasteiger partial charge on any atom is 0.431 e. The topological polar surface area (TPSA) is 58.6 Å². The molecule has 5 heteroatoms. The minimum atomic E-state index is -0.768. The Morgan fingerprint density at radius 1 is 1.32 bits per heavy atom. The lowest BCUT2D eigenvalue weighted by molar-refractivity contribution is -0.0177. The van der Waals surface area contributed by atoms with E-state index in [9.17, 15) is 4.79 Å². The molecule has 0 spiro atoms. The zero-order chi connectivity index (χ0) is 16.3. The van der Waals surface area contributed by atoms with Crippen LogP contribution in [-0.4, -0.2) is 17.4 Å². The third kappa shape index (κ3) is 3.82. The molecule has 1 saturated carbocycles. The van der Waals surface area contributed by atoms with E-state index in [1.165, 1.54) is 5.56 Å². The molecule has 1 fully saturated rings. The van der Waals surface area contributed by atoms with Gasteiger partial charge >= 0.3 is 6.09 Å². The summed E-state index contributed by atoms with van der Waals surface area (Å²) in [5.74, 6) is 0.746. The van der Waals surface area contributed by atoms with E-state index in [2.05, 4.69) is 48.8 Å². The van der Waals surface area contributed by atoms with Crippen molar-refractivity contribution < 1.29 is 14.7 Å². The molecule has 1 aromatic carbocycles. The number of hydroxylamine groups is 1. The number of rotatable bonds is 3. The second-order valence-electron chi connectivity index (χ2n) is 6.81. The minimum Gasteiger partial charge on any atom is -0.444 e. The normalized spacial score (nSPS) is 25.6. The van der Waals surface area contributed by atoms with Gasteiger partial charge < -0.3 is 4.74 Å². The molecule has 0 heterocycles. The predicted octanol–water partition coefficient (Wildman–Crippen LogP) is 4.65. The number of hydrogen-bond donors (Lipinski definition) is 2. The average molecular weight is 370 g/mol. The lowest BCUT2D eigenvalue weighted by Gasteiger charge is -2.43. The summed E-state index contributed by atoms with van der Waals surface area (Å²) < 4.78 is 6.50. The Bertz CT molecular complexity index is 515. The average Bonchev–Trinajstić information content (AvgIpc) is 2.47. The molecule has 122 valence electrons. The van der Waals surface area contributed by atoms with Gasteiger partial charge in [0, 0.05) is 10.4 Å². The number of ether oxygens (including phenoxy) is 1. The largest absolute Gasteiger partial charge is 0.444 e. The van der Waals surface area contributed by atoms with E-state index in [-0.39, 0.29) is 17.4 Å². The van der Waals surface area contributed by atoms with E-state index in [1.807, 2.05) is 12.1 Å². The first-order valence-electron chi connectivity index (χ1n) is 7.71. The molecule has 3 atom stereocenters. The Hall–Kier alpha value is -1.07. The van der Waals surface area contributed by atoms with E-state index < -0.39 is 6.09 Å². The van der Waals surface area contributed by atoms with Gasteiger partial charge in [0.15, 0.2) is 0 Å². The van der Waals surface area contributed by atoms with Crippen LogP contribution in [0.3, 0.4) is 0 Å². The van der Waals surface area contributed by atoms with Crippen LogP contribution in [-0.2, 0) is 10.2 Å². The standard InChI is InChI=1S/C17H24BrNO3/c1-11-4-9-14(15(10-11)22-16(20)19-21)17(2,3)12-5-7-13(18)8-6-12/h5-8,11,14-15,21H,4,9-10H2,1-3H3,(H,19,20)/t11-,14-,15-/m1/s1. The lowest BCUT2D eigenvalue weighted by atomic mass is 9.64. The van der Waals surface area contributed by atoms with Crippen LogP contribution in [0.15, 0.2) is 28.7 Å². The number of amides is 1. The van der Waals surface area contributed by atoms with Crippen molar-refractivity contribution in [3.63, 3.8) is 0 Å². The second-order valence-corrected chi connectivity index (χ2v) is 7.72. The van der Waals surface area contributed by atoms with Crippen LogP contribution >= 0.6 is 15.9 Å². The highest BCUT2D eigenvalue weighted by Gasteiger charge is 2.41. The molecular weight excluding hydrogens is 346 g/mol. The van der Waals surface area contributed by atoms with Gasteiger partial charge in [-0.2, -0.15) is 0 Å². The van der Waals surface area contributed by atoms with Crippen LogP contribution < -0.4 is 5.48 Å². The highest BCUT2D eigenvalue weighted by atomic mass is 79.9. The molecule has 4 nitrogen and oxygen atoms in total. The van der Waals surface area contributed by atoms with E-state index >= 15 is 0 Å². The number of benzene rings is 1. The molecule has 0 radical (unpaired) electrons. The van der Waals surface area contributed by atoms with Crippen LogP contribution in [0, 0.1) is 11.8 Å². The number of carbonyl (C=O) groups is 1. The molecule has 0 bridgehead atoms. The molecular formula is C17H24BrNO3. The summed E-state index contributed by atoms with van der Waals surface area (Å²) >= 11 is 3.46. The van der Waals surface area contributed by atoms with Crippen molar-refractivity contribution in [2.75, 3.05) is 0 Å². The summed E-state index contributed by atoms with van der Waals surface area (Å²) in [4.78, 5) is 11.5. The predicted molar refractivity (Wildman–Crippen MR) is 88.9 cm³/mol. The Morgan fingerprint density at radius 3 is 2.55 bits per heavy atom. The third-order valence-electron chi connectivity index (χ3n) is 4.92. The van der Waals surface area contributed by atoms with Crippen LogP contribution in [0.1, 0.15) is 45.6 Å². The quantitative estimate of drug-likeness (QED) is 0.602. The van der Waals surface area contributed by atoms with E-state index in [0.717, 1.165) is 23.7 Å². The monoisotopic (exact) mass is 369 g/mol. The van der Waals surface area contributed by atoms with Gasteiger partial charge in [-0.3, -0.25) is 5.21 Å². The van der Waals surface area contributed by atoms with Crippen LogP contribution in [0.5, 0.6) is 0 Å². The van der Waals surface area contributed by atoms with Gasteiger partial charge in [-0.25, -0.2) is 10.3 Å². The summed E-state index contributed by atoms with van der Waals surface area (Å²) in [6.07, 6.45) is 2.02.